The van der Waals surface area contributed by atoms with Crippen molar-refractivity contribution in [1.29, 1.82) is 0 Å². The van der Waals surface area contributed by atoms with E-state index in [9.17, 15) is 14.7 Å². The second-order valence-corrected chi connectivity index (χ2v) is 11.6. The average molecular weight is 506 g/mol. The standard InChI is InChI=1S/C30H35NO4S/c1-4-19(14-20-7-10-21(32)11-8-20)9-12-26-27-23(18(2)3)15-24-28(25(27)17-35-26)30(34)31(29(24)33)16-22-6-5-13-36-22/h5-8,10-11,13-14,18,24-26,28,32H,4,9,12,15-17H2,1-3H3/b19-14+/t24-,25+,26-,28-/m1/s1. The third-order valence-electron chi connectivity index (χ3n) is 8.07. The number of rotatable bonds is 8. The highest BCUT2D eigenvalue weighted by molar-refractivity contribution is 7.09. The molecule has 4 atom stereocenters. The number of likely N-dealkylation sites (tertiary alicyclic amines) is 1. The molecular weight excluding hydrogens is 470 g/mol. The monoisotopic (exact) mass is 505 g/mol. The van der Waals surface area contributed by atoms with E-state index in [1.165, 1.54) is 21.6 Å². The van der Waals surface area contributed by atoms with Crippen LogP contribution in [0.25, 0.3) is 6.08 Å². The highest BCUT2D eigenvalue weighted by Crippen LogP contribution is 2.51. The lowest BCUT2D eigenvalue weighted by molar-refractivity contribution is -0.140. The first-order chi connectivity index (χ1) is 17.4. The van der Waals surface area contributed by atoms with Crippen molar-refractivity contribution in [2.75, 3.05) is 6.61 Å². The minimum atomic E-state index is -0.293. The number of ether oxygens (including phenoxy) is 1. The number of imide groups is 1. The Bertz CT molecular complexity index is 1180. The van der Waals surface area contributed by atoms with Gasteiger partial charge >= 0.3 is 0 Å². The summed E-state index contributed by atoms with van der Waals surface area (Å²) in [7, 11) is 0. The number of carbonyl (C=O) groups is 2. The van der Waals surface area contributed by atoms with Crippen LogP contribution in [-0.2, 0) is 20.9 Å². The van der Waals surface area contributed by atoms with Gasteiger partial charge in [0.25, 0.3) is 0 Å². The number of fused-ring (bicyclic) bond motifs is 3. The summed E-state index contributed by atoms with van der Waals surface area (Å²) in [6.07, 6.45) is 5.60. The molecule has 1 aromatic heterocycles. The summed E-state index contributed by atoms with van der Waals surface area (Å²) < 4.78 is 6.38. The number of carbonyl (C=O) groups excluding carboxylic acids is 2. The first kappa shape index (κ1) is 25.0. The van der Waals surface area contributed by atoms with Crippen LogP contribution in [0.2, 0.25) is 0 Å². The first-order valence-corrected chi connectivity index (χ1v) is 14.0. The van der Waals surface area contributed by atoms with E-state index in [2.05, 4.69) is 26.8 Å². The molecule has 5 nitrogen and oxygen atoms in total. The smallest absolute Gasteiger partial charge is 0.234 e. The second-order valence-electron chi connectivity index (χ2n) is 10.5. The number of allylic oxidation sites excluding steroid dienone is 2. The van der Waals surface area contributed by atoms with Gasteiger partial charge in [-0.3, -0.25) is 14.5 Å². The molecule has 3 heterocycles. The number of amides is 2. The molecule has 5 rings (SSSR count). The number of nitrogens with zero attached hydrogens (tertiary/aromatic N) is 1. The molecule has 190 valence electrons. The van der Waals surface area contributed by atoms with Crippen molar-refractivity contribution in [1.82, 2.24) is 4.90 Å². The minimum Gasteiger partial charge on any atom is -0.508 e. The first-order valence-electron chi connectivity index (χ1n) is 13.1. The molecule has 2 aliphatic heterocycles. The van der Waals surface area contributed by atoms with Gasteiger partial charge < -0.3 is 9.84 Å². The molecule has 0 radical (unpaired) electrons. The fourth-order valence-corrected chi connectivity index (χ4v) is 6.90. The van der Waals surface area contributed by atoms with Crippen LogP contribution in [0.15, 0.2) is 58.5 Å². The Kier molecular flexibility index (Phi) is 7.18. The Morgan fingerprint density at radius 3 is 2.61 bits per heavy atom. The van der Waals surface area contributed by atoms with E-state index < -0.39 is 0 Å². The number of thiophene rings is 1. The Hall–Kier alpha value is -2.70. The molecule has 2 amide bonds. The summed E-state index contributed by atoms with van der Waals surface area (Å²) in [5.74, 6) is 0.0127. The zero-order chi connectivity index (χ0) is 25.4. The predicted octanol–water partition coefficient (Wildman–Crippen LogP) is 6.20. The number of hydrogen-bond donors (Lipinski definition) is 1. The van der Waals surface area contributed by atoms with Crippen molar-refractivity contribution in [2.45, 2.75) is 59.1 Å². The third-order valence-corrected chi connectivity index (χ3v) is 8.93. The van der Waals surface area contributed by atoms with Crippen molar-refractivity contribution in [3.05, 3.63) is 68.9 Å². The summed E-state index contributed by atoms with van der Waals surface area (Å²) in [5, 5.41) is 11.6. The van der Waals surface area contributed by atoms with Crippen LogP contribution in [0.4, 0.5) is 0 Å². The lowest BCUT2D eigenvalue weighted by Gasteiger charge is -2.33. The van der Waals surface area contributed by atoms with Crippen molar-refractivity contribution < 1.29 is 19.4 Å². The molecule has 0 unspecified atom stereocenters. The van der Waals surface area contributed by atoms with Gasteiger partial charge in [0.15, 0.2) is 0 Å². The van der Waals surface area contributed by atoms with Crippen molar-refractivity contribution in [2.24, 2.45) is 23.7 Å². The van der Waals surface area contributed by atoms with Gasteiger partial charge in [0.2, 0.25) is 11.8 Å². The number of aromatic hydroxyl groups is 1. The van der Waals surface area contributed by atoms with Gasteiger partial charge in [0.05, 0.1) is 31.1 Å². The summed E-state index contributed by atoms with van der Waals surface area (Å²) in [5.41, 5.74) is 5.04. The van der Waals surface area contributed by atoms with Gasteiger partial charge in [-0.1, -0.05) is 56.2 Å². The Labute approximate surface area is 217 Å². The lowest BCUT2D eigenvalue weighted by atomic mass is 9.67. The molecular formula is C30H35NO4S. The highest BCUT2D eigenvalue weighted by Gasteiger charge is 2.57. The molecule has 0 saturated carbocycles. The molecule has 1 N–H and O–H groups in total. The quantitative estimate of drug-likeness (QED) is 0.343. The van der Waals surface area contributed by atoms with E-state index in [1.807, 2.05) is 29.6 Å². The van der Waals surface area contributed by atoms with Crippen molar-refractivity contribution >= 4 is 29.2 Å². The molecule has 0 spiro atoms. The molecule has 2 saturated heterocycles. The highest BCUT2D eigenvalue weighted by atomic mass is 32.1. The maximum absolute atomic E-state index is 13.5. The Morgan fingerprint density at radius 1 is 1.17 bits per heavy atom. The van der Waals surface area contributed by atoms with Gasteiger partial charge in [-0.05, 0) is 66.3 Å². The summed E-state index contributed by atoms with van der Waals surface area (Å²) >= 11 is 1.59. The average Bonchev–Trinajstić information content (AvgIpc) is 3.59. The van der Waals surface area contributed by atoms with Crippen LogP contribution >= 0.6 is 11.3 Å². The zero-order valence-electron chi connectivity index (χ0n) is 21.3. The molecule has 2 aromatic rings. The van der Waals surface area contributed by atoms with Crippen LogP contribution in [0.1, 0.15) is 56.9 Å². The number of hydrogen-bond acceptors (Lipinski definition) is 5. The van der Waals surface area contributed by atoms with Gasteiger partial charge in [-0.2, -0.15) is 0 Å². The SMILES string of the molecule is CC/C(=C\c1ccc(O)cc1)CC[C@H]1OC[C@H]2C1=C(C(C)C)C[C@H]1C(=O)N(Cc3cccs3)C(=O)[C@H]12. The lowest BCUT2D eigenvalue weighted by Crippen LogP contribution is -2.35. The number of benzene rings is 1. The number of phenolic OH excluding ortho intramolecular Hbond substituents is 1. The minimum absolute atomic E-state index is 0.00194. The van der Waals surface area contributed by atoms with Crippen LogP contribution in [0.3, 0.4) is 0 Å². The Balaban J connectivity index is 1.36. The molecule has 6 heteroatoms. The fourth-order valence-electron chi connectivity index (χ4n) is 6.21. The van der Waals surface area contributed by atoms with E-state index >= 15 is 0 Å². The topological polar surface area (TPSA) is 66.8 Å². The molecule has 1 aromatic carbocycles. The second kappa shape index (κ2) is 10.3. The maximum atomic E-state index is 13.5. The van der Waals surface area contributed by atoms with Crippen LogP contribution < -0.4 is 0 Å². The van der Waals surface area contributed by atoms with Gasteiger partial charge in [0.1, 0.15) is 5.75 Å². The normalized spacial score (nSPS) is 26.2. The van der Waals surface area contributed by atoms with Gasteiger partial charge in [0, 0.05) is 10.8 Å². The van der Waals surface area contributed by atoms with Crippen LogP contribution in [0, 0.1) is 23.7 Å². The number of phenols is 1. The van der Waals surface area contributed by atoms with E-state index in [1.54, 1.807) is 23.5 Å². The molecule has 36 heavy (non-hydrogen) atoms. The van der Waals surface area contributed by atoms with E-state index in [-0.39, 0.29) is 41.4 Å². The fraction of sp³-hybridized carbons (Fsp3) is 0.467. The summed E-state index contributed by atoms with van der Waals surface area (Å²) in [6.45, 7) is 7.46. The predicted molar refractivity (Wildman–Crippen MR) is 142 cm³/mol. The molecule has 2 fully saturated rings. The molecule has 0 bridgehead atoms. The van der Waals surface area contributed by atoms with Gasteiger partial charge in [-0.25, -0.2) is 0 Å². The van der Waals surface area contributed by atoms with E-state index in [0.717, 1.165) is 29.7 Å². The third kappa shape index (κ3) is 4.69. The maximum Gasteiger partial charge on any atom is 0.234 e. The van der Waals surface area contributed by atoms with Crippen molar-refractivity contribution in [3.63, 3.8) is 0 Å². The molecule has 1 aliphatic carbocycles. The van der Waals surface area contributed by atoms with Crippen molar-refractivity contribution in [3.8, 4) is 5.75 Å². The van der Waals surface area contributed by atoms with E-state index in [4.69, 9.17) is 4.74 Å². The Morgan fingerprint density at radius 2 is 1.94 bits per heavy atom. The van der Waals surface area contributed by atoms with Crippen LogP contribution in [0.5, 0.6) is 5.75 Å². The molecule has 3 aliphatic rings. The summed E-state index contributed by atoms with van der Waals surface area (Å²) in [6, 6.07) is 11.2. The summed E-state index contributed by atoms with van der Waals surface area (Å²) in [4.78, 5) is 29.5. The van der Waals surface area contributed by atoms with Crippen LogP contribution in [-0.4, -0.2) is 34.5 Å². The van der Waals surface area contributed by atoms with E-state index in [0.29, 0.717) is 25.5 Å². The zero-order valence-corrected chi connectivity index (χ0v) is 22.1. The van der Waals surface area contributed by atoms with Gasteiger partial charge in [-0.15, -0.1) is 11.3 Å². The largest absolute Gasteiger partial charge is 0.508 e.